The summed E-state index contributed by atoms with van der Waals surface area (Å²) in [6.07, 6.45) is 0. The first-order valence-electron chi connectivity index (χ1n) is 8.59. The number of benzene rings is 2. The van der Waals surface area contributed by atoms with Crippen LogP contribution < -0.4 is 10.1 Å². The molecule has 0 bridgehead atoms. The lowest BCUT2D eigenvalue weighted by atomic mass is 10.0. The van der Waals surface area contributed by atoms with Crippen LogP contribution in [0.25, 0.3) is 0 Å². The summed E-state index contributed by atoms with van der Waals surface area (Å²) < 4.78 is 9.85. The predicted octanol–water partition coefficient (Wildman–Crippen LogP) is 3.25. The number of esters is 1. The summed E-state index contributed by atoms with van der Waals surface area (Å²) in [4.78, 5) is 34.2. The van der Waals surface area contributed by atoms with Gasteiger partial charge in [0, 0.05) is 6.07 Å². The molecule has 0 spiro atoms. The van der Waals surface area contributed by atoms with Gasteiger partial charge < -0.3 is 14.8 Å². The van der Waals surface area contributed by atoms with Gasteiger partial charge in [0.2, 0.25) is 0 Å². The zero-order chi connectivity index (χ0) is 20.8. The van der Waals surface area contributed by atoms with E-state index in [1.807, 2.05) is 39.0 Å². The monoisotopic (exact) mass is 386 g/mol. The Morgan fingerprint density at radius 1 is 1.14 bits per heavy atom. The van der Waals surface area contributed by atoms with Gasteiger partial charge in [-0.1, -0.05) is 18.2 Å². The fourth-order valence-corrected chi connectivity index (χ4v) is 2.57. The summed E-state index contributed by atoms with van der Waals surface area (Å²) in [6, 6.07) is 9.33. The first kappa shape index (κ1) is 20.9. The second kappa shape index (κ2) is 8.98. The Morgan fingerprint density at radius 2 is 1.86 bits per heavy atom. The number of aryl methyl sites for hydroxylation is 2. The van der Waals surface area contributed by atoms with Crippen molar-refractivity contribution >= 4 is 17.6 Å². The molecule has 2 aromatic rings. The third-order valence-corrected chi connectivity index (χ3v) is 4.34. The standard InChI is InChI=1S/C20H22N2O6/c1-12-5-6-15(9-13(12)2)14(3)21-19(23)11-28-18-8-7-16(20(24)27-4)10-17(18)22(25)26/h5-10,14H,11H2,1-4H3,(H,21,23)/t14-/m0/s1. The molecule has 148 valence electrons. The average Bonchev–Trinajstić information content (AvgIpc) is 2.67. The number of nitro groups is 1. The smallest absolute Gasteiger partial charge is 0.338 e. The van der Waals surface area contributed by atoms with E-state index in [0.717, 1.165) is 22.8 Å². The molecule has 0 aromatic heterocycles. The minimum Gasteiger partial charge on any atom is -0.477 e. The van der Waals surface area contributed by atoms with E-state index >= 15 is 0 Å². The normalized spacial score (nSPS) is 11.4. The van der Waals surface area contributed by atoms with Gasteiger partial charge in [0.1, 0.15) is 0 Å². The van der Waals surface area contributed by atoms with Gasteiger partial charge >= 0.3 is 11.7 Å². The highest BCUT2D eigenvalue weighted by Crippen LogP contribution is 2.28. The largest absolute Gasteiger partial charge is 0.477 e. The number of nitrogens with zero attached hydrogens (tertiary/aromatic N) is 1. The highest BCUT2D eigenvalue weighted by Gasteiger charge is 2.20. The molecule has 28 heavy (non-hydrogen) atoms. The molecule has 0 fully saturated rings. The van der Waals surface area contributed by atoms with E-state index in [1.54, 1.807) is 0 Å². The molecule has 0 heterocycles. The number of rotatable bonds is 7. The number of ether oxygens (including phenoxy) is 2. The zero-order valence-electron chi connectivity index (χ0n) is 16.1. The maximum atomic E-state index is 12.2. The molecular formula is C20H22N2O6. The second-order valence-electron chi connectivity index (χ2n) is 6.35. The Kier molecular flexibility index (Phi) is 6.70. The van der Waals surface area contributed by atoms with E-state index in [9.17, 15) is 19.7 Å². The van der Waals surface area contributed by atoms with Crippen molar-refractivity contribution in [3.63, 3.8) is 0 Å². The molecule has 8 heteroatoms. The Hall–Kier alpha value is -3.42. The third kappa shape index (κ3) is 5.06. The van der Waals surface area contributed by atoms with E-state index in [0.29, 0.717) is 0 Å². The molecule has 0 saturated carbocycles. The Bertz CT molecular complexity index is 910. The molecule has 0 radical (unpaired) electrons. The fraction of sp³-hybridized carbons (Fsp3) is 0.300. The molecular weight excluding hydrogens is 364 g/mol. The molecule has 0 saturated heterocycles. The van der Waals surface area contributed by atoms with Gasteiger partial charge in [-0.2, -0.15) is 0 Å². The van der Waals surface area contributed by atoms with Crippen LogP contribution in [0.15, 0.2) is 36.4 Å². The van der Waals surface area contributed by atoms with Crippen LogP contribution >= 0.6 is 0 Å². The number of carbonyl (C=O) groups is 2. The number of carbonyl (C=O) groups excluding carboxylic acids is 2. The second-order valence-corrected chi connectivity index (χ2v) is 6.35. The van der Waals surface area contributed by atoms with Crippen LogP contribution in [0.5, 0.6) is 5.75 Å². The Morgan fingerprint density at radius 3 is 2.46 bits per heavy atom. The van der Waals surface area contributed by atoms with Crippen LogP contribution in [0.4, 0.5) is 5.69 Å². The summed E-state index contributed by atoms with van der Waals surface area (Å²) in [5, 5.41) is 14.0. The Labute approximate surface area is 162 Å². The van der Waals surface area contributed by atoms with E-state index in [1.165, 1.54) is 19.2 Å². The molecule has 0 aliphatic carbocycles. The number of hydrogen-bond acceptors (Lipinski definition) is 6. The highest BCUT2D eigenvalue weighted by atomic mass is 16.6. The minimum absolute atomic E-state index is 0.0226. The van der Waals surface area contributed by atoms with Gasteiger partial charge in [0.15, 0.2) is 12.4 Å². The Balaban J connectivity index is 2.04. The van der Waals surface area contributed by atoms with Crippen molar-refractivity contribution in [1.82, 2.24) is 5.32 Å². The SMILES string of the molecule is COC(=O)c1ccc(OCC(=O)N[C@@H](C)c2ccc(C)c(C)c2)c([N+](=O)[O-])c1. The highest BCUT2D eigenvalue weighted by molar-refractivity contribution is 5.90. The molecule has 2 rings (SSSR count). The number of hydrogen-bond donors (Lipinski definition) is 1. The first-order valence-corrected chi connectivity index (χ1v) is 8.59. The molecule has 1 amide bonds. The lowest BCUT2D eigenvalue weighted by Crippen LogP contribution is -2.31. The maximum absolute atomic E-state index is 12.2. The summed E-state index contributed by atoms with van der Waals surface area (Å²) in [7, 11) is 1.18. The van der Waals surface area contributed by atoms with Gasteiger partial charge in [-0.25, -0.2) is 4.79 Å². The average molecular weight is 386 g/mol. The minimum atomic E-state index is -0.699. The van der Waals surface area contributed by atoms with Crippen LogP contribution in [0.1, 0.15) is 40.0 Å². The van der Waals surface area contributed by atoms with Crippen molar-refractivity contribution in [3.8, 4) is 5.75 Å². The third-order valence-electron chi connectivity index (χ3n) is 4.34. The summed E-state index contributed by atoms with van der Waals surface area (Å²) in [6.45, 7) is 5.45. The summed E-state index contributed by atoms with van der Waals surface area (Å²) >= 11 is 0. The van der Waals surface area contributed by atoms with Gasteiger partial charge in [-0.3, -0.25) is 14.9 Å². The number of nitrogens with one attached hydrogen (secondary N) is 1. The summed E-state index contributed by atoms with van der Waals surface area (Å²) in [5.41, 5.74) is 2.83. The van der Waals surface area contributed by atoms with Crippen molar-refractivity contribution < 1.29 is 24.0 Å². The van der Waals surface area contributed by atoms with E-state index in [-0.39, 0.29) is 17.4 Å². The van der Waals surface area contributed by atoms with Crippen LogP contribution in [0.2, 0.25) is 0 Å². The van der Waals surface area contributed by atoms with Crippen LogP contribution in [0.3, 0.4) is 0 Å². The van der Waals surface area contributed by atoms with Crippen LogP contribution in [0, 0.1) is 24.0 Å². The van der Waals surface area contributed by atoms with Crippen LogP contribution in [-0.2, 0) is 9.53 Å². The zero-order valence-corrected chi connectivity index (χ0v) is 16.1. The number of methoxy groups -OCH3 is 1. The molecule has 1 atom stereocenters. The van der Waals surface area contributed by atoms with Gasteiger partial charge in [0.25, 0.3) is 5.91 Å². The van der Waals surface area contributed by atoms with Gasteiger partial charge in [-0.05, 0) is 49.6 Å². The van der Waals surface area contributed by atoms with E-state index in [4.69, 9.17) is 4.74 Å². The molecule has 1 N–H and O–H groups in total. The predicted molar refractivity (Wildman–Crippen MR) is 102 cm³/mol. The fourth-order valence-electron chi connectivity index (χ4n) is 2.57. The van der Waals surface area contributed by atoms with Gasteiger partial charge in [-0.15, -0.1) is 0 Å². The first-order chi connectivity index (χ1) is 13.2. The van der Waals surface area contributed by atoms with E-state index in [2.05, 4.69) is 10.1 Å². The van der Waals surface area contributed by atoms with Gasteiger partial charge in [0.05, 0.1) is 23.6 Å². The van der Waals surface area contributed by atoms with Crippen molar-refractivity contribution in [2.75, 3.05) is 13.7 Å². The number of nitro benzene ring substituents is 1. The van der Waals surface area contributed by atoms with E-state index < -0.39 is 29.1 Å². The van der Waals surface area contributed by atoms with Crippen molar-refractivity contribution in [2.45, 2.75) is 26.8 Å². The van der Waals surface area contributed by atoms with Crippen molar-refractivity contribution in [2.24, 2.45) is 0 Å². The quantitative estimate of drug-likeness (QED) is 0.445. The van der Waals surface area contributed by atoms with Crippen molar-refractivity contribution in [3.05, 3.63) is 68.8 Å². The maximum Gasteiger partial charge on any atom is 0.338 e. The molecule has 0 unspecified atom stereocenters. The molecule has 8 nitrogen and oxygen atoms in total. The molecule has 0 aliphatic heterocycles. The number of amides is 1. The molecule has 0 aliphatic rings. The topological polar surface area (TPSA) is 108 Å². The van der Waals surface area contributed by atoms with Crippen molar-refractivity contribution in [1.29, 1.82) is 0 Å². The lowest BCUT2D eigenvalue weighted by molar-refractivity contribution is -0.385. The summed E-state index contributed by atoms with van der Waals surface area (Å²) in [5.74, 6) is -1.22. The molecule has 2 aromatic carbocycles. The van der Waals surface area contributed by atoms with Crippen LogP contribution in [-0.4, -0.2) is 30.5 Å². The lowest BCUT2D eigenvalue weighted by Gasteiger charge is -2.16.